The Labute approximate surface area is 309 Å². The van der Waals surface area contributed by atoms with Crippen LogP contribution in [-0.4, -0.2) is 135 Å². The number of likely N-dealkylation sites (tertiary alicyclic amines) is 1. The van der Waals surface area contributed by atoms with Crippen LogP contribution in [0.5, 0.6) is 0 Å². The van der Waals surface area contributed by atoms with E-state index in [2.05, 4.69) is 10.6 Å². The maximum Gasteiger partial charge on any atom is 0.332 e. The zero-order valence-corrected chi connectivity index (χ0v) is 30.9. The highest BCUT2D eigenvalue weighted by Gasteiger charge is 2.50. The molecule has 16 heteroatoms. The van der Waals surface area contributed by atoms with Gasteiger partial charge >= 0.3 is 11.9 Å². The molecule has 53 heavy (non-hydrogen) atoms. The summed E-state index contributed by atoms with van der Waals surface area (Å²) in [5, 5.41) is 5.21. The second-order valence-electron chi connectivity index (χ2n) is 12.8. The Bertz CT molecular complexity index is 1600. The lowest BCUT2D eigenvalue weighted by atomic mass is 9.84. The summed E-state index contributed by atoms with van der Waals surface area (Å²) in [6, 6.07) is 16.1. The lowest BCUT2D eigenvalue weighted by Gasteiger charge is -2.46. The van der Waals surface area contributed by atoms with E-state index in [1.54, 1.807) is 30.3 Å². The molecule has 0 aliphatic carbocycles. The summed E-state index contributed by atoms with van der Waals surface area (Å²) in [7, 11) is 4.02. The van der Waals surface area contributed by atoms with Gasteiger partial charge in [-0.25, -0.2) is 4.79 Å². The molecule has 0 aromatic heterocycles. The summed E-state index contributed by atoms with van der Waals surface area (Å²) in [6.07, 6.45) is 0.530. The first-order valence-electron chi connectivity index (χ1n) is 17.4. The maximum atomic E-state index is 14.0. The van der Waals surface area contributed by atoms with E-state index in [1.165, 1.54) is 31.1 Å². The van der Waals surface area contributed by atoms with Crippen LogP contribution in [0.25, 0.3) is 0 Å². The Kier molecular flexibility index (Phi) is 16.4. The van der Waals surface area contributed by atoms with E-state index >= 15 is 0 Å². The highest BCUT2D eigenvalue weighted by molar-refractivity contribution is 6.02. The molecule has 1 aliphatic rings. The Morgan fingerprint density at radius 1 is 0.811 bits per heavy atom. The molecule has 1 fully saturated rings. The number of rotatable bonds is 18. The molecule has 1 heterocycles. The molecule has 2 aromatic carbocycles. The molecule has 0 radical (unpaired) electrons. The summed E-state index contributed by atoms with van der Waals surface area (Å²) in [6.45, 7) is 1.83. The number of anilines is 1. The Morgan fingerprint density at radius 2 is 1.45 bits per heavy atom. The molecule has 4 N–H and O–H groups in total. The van der Waals surface area contributed by atoms with Gasteiger partial charge in [0.15, 0.2) is 0 Å². The lowest BCUT2D eigenvalue weighted by Crippen LogP contribution is -2.63. The fraction of sp³-hybridized carbons (Fsp3) is 0.486. The van der Waals surface area contributed by atoms with Crippen molar-refractivity contribution in [3.8, 4) is 0 Å². The van der Waals surface area contributed by atoms with Crippen molar-refractivity contribution in [3.05, 3.63) is 65.7 Å². The van der Waals surface area contributed by atoms with Crippen LogP contribution >= 0.6 is 0 Å². The van der Waals surface area contributed by atoms with Crippen molar-refractivity contribution in [2.75, 3.05) is 78.5 Å². The van der Waals surface area contributed by atoms with Gasteiger partial charge in [0, 0.05) is 51.9 Å². The van der Waals surface area contributed by atoms with E-state index in [0.29, 0.717) is 25.3 Å². The zero-order chi connectivity index (χ0) is 39.0. The van der Waals surface area contributed by atoms with Crippen molar-refractivity contribution >= 4 is 47.2 Å². The standard InChI is InChI=1S/C37H51N7O9/c1-27-10-8-9-11-28(27)24-43(34(49)23-40-30(45)25-41(2)33(48)22-38)26-31(46)39-18-14-32(47)44(29-12-6-5-7-13-29)37(36(51)53-4)16-20-42(21-17-37)19-15-35(50)52-3/h5-13H,14-26,38H2,1-4H3,(H,39,46)(H,40,45). The van der Waals surface area contributed by atoms with Gasteiger partial charge < -0.3 is 40.5 Å². The third-order valence-electron chi connectivity index (χ3n) is 9.19. The van der Waals surface area contributed by atoms with Gasteiger partial charge in [-0.15, -0.1) is 0 Å². The Morgan fingerprint density at radius 3 is 2.08 bits per heavy atom. The molecule has 2 aromatic rings. The minimum absolute atomic E-state index is 0.0827. The number of amides is 5. The number of aryl methyl sites for hydroxylation is 1. The molecule has 0 unspecified atom stereocenters. The van der Waals surface area contributed by atoms with Crippen LogP contribution in [0.4, 0.5) is 5.69 Å². The number of likely N-dealkylation sites (N-methyl/N-ethyl adjacent to an activating group) is 1. The Balaban J connectivity index is 1.71. The molecular weight excluding hydrogens is 686 g/mol. The highest BCUT2D eigenvalue weighted by atomic mass is 16.5. The number of nitrogens with two attached hydrogens (primary N) is 1. The molecule has 1 aliphatic heterocycles. The first-order valence-corrected chi connectivity index (χ1v) is 17.4. The van der Waals surface area contributed by atoms with Crippen molar-refractivity contribution in [2.24, 2.45) is 5.73 Å². The van der Waals surface area contributed by atoms with Crippen LogP contribution in [0.3, 0.4) is 0 Å². The number of hydrogen-bond donors (Lipinski definition) is 3. The van der Waals surface area contributed by atoms with E-state index in [1.807, 2.05) is 36.1 Å². The third-order valence-corrected chi connectivity index (χ3v) is 9.19. The van der Waals surface area contributed by atoms with Gasteiger partial charge in [0.25, 0.3) is 0 Å². The SMILES string of the molecule is COC(=O)CCN1CCC(C(=O)OC)(N(C(=O)CCNC(=O)CN(Cc2ccccc2C)C(=O)CNC(=O)CN(C)C(=O)CN)c2ccccc2)CC1. The average Bonchev–Trinajstić information content (AvgIpc) is 3.16. The van der Waals surface area contributed by atoms with Crippen molar-refractivity contribution in [1.29, 1.82) is 0 Å². The summed E-state index contributed by atoms with van der Waals surface area (Å²) in [4.78, 5) is 95.9. The highest BCUT2D eigenvalue weighted by Crippen LogP contribution is 2.35. The summed E-state index contributed by atoms with van der Waals surface area (Å²) >= 11 is 0. The fourth-order valence-corrected chi connectivity index (χ4v) is 6.09. The number of esters is 2. The number of carbonyl (C=O) groups excluding carboxylic acids is 7. The van der Waals surface area contributed by atoms with E-state index in [-0.39, 0.29) is 64.4 Å². The molecule has 0 atom stereocenters. The second-order valence-corrected chi connectivity index (χ2v) is 12.8. The quantitative estimate of drug-likeness (QED) is 0.174. The number of piperidine rings is 1. The van der Waals surface area contributed by atoms with E-state index < -0.39 is 47.6 Å². The predicted octanol–water partition coefficient (Wildman–Crippen LogP) is -0.0329. The largest absolute Gasteiger partial charge is 0.469 e. The number of benzene rings is 2. The fourth-order valence-electron chi connectivity index (χ4n) is 6.09. The van der Waals surface area contributed by atoms with Crippen LogP contribution in [0.2, 0.25) is 0 Å². The number of para-hydroxylation sites is 1. The zero-order valence-electron chi connectivity index (χ0n) is 30.9. The average molecular weight is 738 g/mol. The first-order chi connectivity index (χ1) is 25.3. The molecule has 0 bridgehead atoms. The van der Waals surface area contributed by atoms with Gasteiger partial charge in [0.1, 0.15) is 5.54 Å². The normalized spacial score (nSPS) is 13.6. The third kappa shape index (κ3) is 12.1. The molecular formula is C37H51N7O9. The number of hydrogen-bond acceptors (Lipinski definition) is 11. The van der Waals surface area contributed by atoms with Gasteiger partial charge in [-0.2, -0.15) is 0 Å². The molecule has 0 saturated carbocycles. The van der Waals surface area contributed by atoms with Crippen LogP contribution in [-0.2, 0) is 49.6 Å². The van der Waals surface area contributed by atoms with Gasteiger partial charge in [-0.1, -0.05) is 42.5 Å². The lowest BCUT2D eigenvalue weighted by molar-refractivity contribution is -0.151. The molecule has 5 amide bonds. The molecule has 1 saturated heterocycles. The minimum atomic E-state index is -1.33. The molecule has 288 valence electrons. The number of nitrogens with one attached hydrogen (secondary N) is 2. The van der Waals surface area contributed by atoms with Crippen LogP contribution in [0, 0.1) is 6.92 Å². The van der Waals surface area contributed by atoms with Gasteiger partial charge in [-0.3, -0.25) is 33.7 Å². The minimum Gasteiger partial charge on any atom is -0.469 e. The molecule has 0 spiro atoms. The van der Waals surface area contributed by atoms with Crippen LogP contribution in [0.1, 0.15) is 36.8 Å². The number of nitrogens with zero attached hydrogens (tertiary/aromatic N) is 4. The maximum absolute atomic E-state index is 14.0. The first kappa shape index (κ1) is 42.1. The van der Waals surface area contributed by atoms with Crippen molar-refractivity contribution in [3.63, 3.8) is 0 Å². The number of methoxy groups -OCH3 is 2. The summed E-state index contributed by atoms with van der Waals surface area (Å²) in [5.74, 6) is -3.40. The van der Waals surface area contributed by atoms with Gasteiger partial charge in [-0.05, 0) is 43.0 Å². The van der Waals surface area contributed by atoms with Crippen LogP contribution < -0.4 is 21.3 Å². The topological polar surface area (TPSA) is 201 Å². The molecule has 16 nitrogen and oxygen atoms in total. The second kappa shape index (κ2) is 20.6. The van der Waals surface area contributed by atoms with E-state index in [9.17, 15) is 33.6 Å². The predicted molar refractivity (Wildman–Crippen MR) is 195 cm³/mol. The van der Waals surface area contributed by atoms with Gasteiger partial charge in [0.2, 0.25) is 29.5 Å². The molecule has 3 rings (SSSR count). The van der Waals surface area contributed by atoms with Crippen LogP contribution in [0.15, 0.2) is 54.6 Å². The smallest absolute Gasteiger partial charge is 0.332 e. The van der Waals surface area contributed by atoms with Crippen molar-refractivity contribution in [1.82, 2.24) is 25.3 Å². The Hall–Kier alpha value is -5.35. The van der Waals surface area contributed by atoms with Gasteiger partial charge in [0.05, 0.1) is 46.8 Å². The van der Waals surface area contributed by atoms with Crippen molar-refractivity contribution in [2.45, 2.75) is 44.7 Å². The monoisotopic (exact) mass is 737 g/mol. The van der Waals surface area contributed by atoms with E-state index in [0.717, 1.165) is 16.0 Å². The number of ether oxygens (including phenoxy) is 2. The summed E-state index contributed by atoms with van der Waals surface area (Å²) in [5.41, 5.74) is 6.21. The summed E-state index contributed by atoms with van der Waals surface area (Å²) < 4.78 is 10.0. The van der Waals surface area contributed by atoms with E-state index in [4.69, 9.17) is 15.2 Å². The van der Waals surface area contributed by atoms with Crippen molar-refractivity contribution < 1.29 is 43.0 Å². The number of carbonyl (C=O) groups is 7.